The summed E-state index contributed by atoms with van der Waals surface area (Å²) in [5.41, 5.74) is -0.569. The fourth-order valence-corrected chi connectivity index (χ4v) is 2.95. The average molecular weight is 384 g/mol. The highest BCUT2D eigenvalue weighted by atomic mass is 16.6. The number of rotatable bonds is 9. The second kappa shape index (κ2) is 9.19. The number of carbonyl (C=O) groups is 4. The van der Waals surface area contributed by atoms with Gasteiger partial charge in [0, 0.05) is 6.42 Å². The van der Waals surface area contributed by atoms with Crippen LogP contribution in [0.5, 0.6) is 0 Å². The highest BCUT2D eigenvalue weighted by molar-refractivity contribution is 5.78. The Balaban J connectivity index is 1.58. The zero-order valence-corrected chi connectivity index (χ0v) is 16.2. The molecule has 0 aromatic carbocycles. The molecule has 152 valence electrons. The lowest BCUT2D eigenvalue weighted by Crippen LogP contribution is -2.33. The predicted molar refractivity (Wildman–Crippen MR) is 92.3 cm³/mol. The maximum Gasteiger partial charge on any atom is 0.311 e. The van der Waals surface area contributed by atoms with Crippen molar-refractivity contribution in [2.75, 3.05) is 13.2 Å². The first-order chi connectivity index (χ1) is 12.7. The Morgan fingerprint density at radius 3 is 2.44 bits per heavy atom. The highest BCUT2D eigenvalue weighted by Gasteiger charge is 2.44. The minimum atomic E-state index is -0.569. The summed E-state index contributed by atoms with van der Waals surface area (Å²) in [6.45, 7) is 5.39. The quantitative estimate of drug-likeness (QED) is 0.337. The van der Waals surface area contributed by atoms with Gasteiger partial charge in [-0.25, -0.2) is 0 Å². The van der Waals surface area contributed by atoms with Gasteiger partial charge in [0.05, 0.1) is 24.2 Å². The van der Waals surface area contributed by atoms with Gasteiger partial charge in [-0.1, -0.05) is 6.92 Å². The highest BCUT2D eigenvalue weighted by Crippen LogP contribution is 2.36. The molecular formula is C19H28O8. The van der Waals surface area contributed by atoms with Crippen LogP contribution in [0.1, 0.15) is 59.3 Å². The van der Waals surface area contributed by atoms with Crippen molar-refractivity contribution in [2.24, 2.45) is 11.3 Å². The zero-order chi connectivity index (χ0) is 20.0. The summed E-state index contributed by atoms with van der Waals surface area (Å²) in [5.74, 6) is -1.71. The Hall–Kier alpha value is -2.12. The Kier molecular flexibility index (Phi) is 7.21. The first-order valence-corrected chi connectivity index (χ1v) is 9.45. The van der Waals surface area contributed by atoms with Crippen molar-refractivity contribution >= 4 is 23.9 Å². The lowest BCUT2D eigenvalue weighted by atomic mass is 9.88. The Bertz CT molecular complexity index is 582. The summed E-state index contributed by atoms with van der Waals surface area (Å²) in [6.07, 6.45) is 1.46. The maximum atomic E-state index is 11.9. The maximum absolute atomic E-state index is 11.9. The van der Waals surface area contributed by atoms with E-state index in [9.17, 15) is 19.2 Å². The van der Waals surface area contributed by atoms with E-state index in [0.717, 1.165) is 0 Å². The molecule has 0 amide bonds. The smallest absolute Gasteiger partial charge is 0.311 e. The van der Waals surface area contributed by atoms with Crippen molar-refractivity contribution in [2.45, 2.75) is 71.5 Å². The molecule has 8 heteroatoms. The molecule has 8 nitrogen and oxygen atoms in total. The molecular weight excluding hydrogens is 356 g/mol. The molecule has 0 radical (unpaired) electrons. The lowest BCUT2D eigenvalue weighted by molar-refractivity contribution is -0.163. The van der Waals surface area contributed by atoms with Gasteiger partial charge in [-0.3, -0.25) is 19.2 Å². The topological polar surface area (TPSA) is 105 Å². The second-order valence-corrected chi connectivity index (χ2v) is 7.61. The van der Waals surface area contributed by atoms with E-state index in [4.69, 9.17) is 18.9 Å². The molecule has 2 aliphatic rings. The molecule has 1 aliphatic carbocycles. The lowest BCUT2D eigenvalue weighted by Gasteiger charge is -2.25. The van der Waals surface area contributed by atoms with Crippen LogP contribution in [0.3, 0.4) is 0 Å². The van der Waals surface area contributed by atoms with Crippen LogP contribution in [0, 0.1) is 11.3 Å². The fourth-order valence-electron chi connectivity index (χ4n) is 2.95. The van der Waals surface area contributed by atoms with Crippen LogP contribution in [0.2, 0.25) is 0 Å². The van der Waals surface area contributed by atoms with Crippen molar-refractivity contribution < 1.29 is 38.1 Å². The van der Waals surface area contributed by atoms with Crippen molar-refractivity contribution in [3.05, 3.63) is 0 Å². The van der Waals surface area contributed by atoms with Crippen LogP contribution in [0.4, 0.5) is 0 Å². The average Bonchev–Trinajstić information content (AvgIpc) is 2.94. The second-order valence-electron chi connectivity index (χ2n) is 7.61. The molecule has 1 saturated carbocycles. The molecule has 2 rings (SSSR count). The van der Waals surface area contributed by atoms with Crippen LogP contribution >= 0.6 is 0 Å². The first-order valence-electron chi connectivity index (χ1n) is 9.45. The van der Waals surface area contributed by atoms with Gasteiger partial charge in [0.15, 0.2) is 0 Å². The van der Waals surface area contributed by atoms with Gasteiger partial charge in [0.2, 0.25) is 0 Å². The fraction of sp³-hybridized carbons (Fsp3) is 0.789. The number of esters is 4. The van der Waals surface area contributed by atoms with E-state index in [2.05, 4.69) is 0 Å². The molecule has 2 fully saturated rings. The van der Waals surface area contributed by atoms with Crippen molar-refractivity contribution in [3.8, 4) is 0 Å². The van der Waals surface area contributed by atoms with Gasteiger partial charge >= 0.3 is 23.9 Å². The zero-order valence-electron chi connectivity index (χ0n) is 16.2. The van der Waals surface area contributed by atoms with Crippen LogP contribution in [0.25, 0.3) is 0 Å². The van der Waals surface area contributed by atoms with E-state index in [1.165, 1.54) is 0 Å². The molecule has 0 aromatic heterocycles. The summed E-state index contributed by atoms with van der Waals surface area (Å²) in [6, 6.07) is 0. The van der Waals surface area contributed by atoms with Crippen LogP contribution in [-0.2, 0) is 38.1 Å². The molecule has 3 atom stereocenters. The SMILES string of the molecule is CCC(C)(C)C(=O)OCCOC(=O)CCC(=O)OC1CCC2CC1OC2=O. The number of hydrogen-bond donors (Lipinski definition) is 0. The minimum absolute atomic E-state index is 0.0191. The van der Waals surface area contributed by atoms with Crippen molar-refractivity contribution in [1.82, 2.24) is 0 Å². The molecule has 1 saturated heterocycles. The van der Waals surface area contributed by atoms with Gasteiger partial charge in [0.1, 0.15) is 25.4 Å². The predicted octanol–water partition coefficient (Wildman–Crippen LogP) is 1.93. The molecule has 1 heterocycles. The Morgan fingerprint density at radius 1 is 1.07 bits per heavy atom. The van der Waals surface area contributed by atoms with Crippen molar-refractivity contribution in [3.63, 3.8) is 0 Å². The summed E-state index contributed by atoms with van der Waals surface area (Å²) in [4.78, 5) is 46.8. The van der Waals surface area contributed by atoms with Gasteiger partial charge < -0.3 is 18.9 Å². The number of ether oxygens (including phenoxy) is 4. The van der Waals surface area contributed by atoms with Gasteiger partial charge in [-0.15, -0.1) is 0 Å². The van der Waals surface area contributed by atoms with Gasteiger partial charge in [-0.05, 0) is 33.1 Å². The van der Waals surface area contributed by atoms with Gasteiger partial charge in [0.25, 0.3) is 0 Å². The minimum Gasteiger partial charge on any atom is -0.462 e. The molecule has 1 aliphatic heterocycles. The third-order valence-electron chi connectivity index (χ3n) is 5.16. The monoisotopic (exact) mass is 384 g/mol. The summed E-state index contributed by atoms with van der Waals surface area (Å²) >= 11 is 0. The standard InChI is InChI=1S/C19H28O8/c1-4-19(2,3)18(23)25-10-9-24-15(20)7-8-16(21)26-13-6-5-12-11-14(13)27-17(12)22/h12-14H,4-11H2,1-3H3. The molecule has 3 unspecified atom stereocenters. The van der Waals surface area contributed by atoms with Crippen LogP contribution < -0.4 is 0 Å². The molecule has 27 heavy (non-hydrogen) atoms. The largest absolute Gasteiger partial charge is 0.462 e. The first kappa shape index (κ1) is 21.2. The van der Waals surface area contributed by atoms with Crippen LogP contribution in [0.15, 0.2) is 0 Å². The summed E-state index contributed by atoms with van der Waals surface area (Å²) in [7, 11) is 0. The van der Waals surface area contributed by atoms with E-state index in [1.807, 2.05) is 6.92 Å². The number of carbonyl (C=O) groups excluding carboxylic acids is 4. The molecule has 2 bridgehead atoms. The van der Waals surface area contributed by atoms with E-state index < -0.39 is 23.5 Å². The normalized spacial score (nSPS) is 24.1. The van der Waals surface area contributed by atoms with E-state index >= 15 is 0 Å². The molecule has 0 N–H and O–H groups in total. The third-order valence-corrected chi connectivity index (χ3v) is 5.16. The number of hydrogen-bond acceptors (Lipinski definition) is 8. The van der Waals surface area contributed by atoms with Crippen molar-refractivity contribution in [1.29, 1.82) is 0 Å². The van der Waals surface area contributed by atoms with Gasteiger partial charge in [-0.2, -0.15) is 0 Å². The molecule has 0 aromatic rings. The summed E-state index contributed by atoms with van der Waals surface area (Å²) in [5, 5.41) is 0. The van der Waals surface area contributed by atoms with E-state index in [0.29, 0.717) is 25.7 Å². The van der Waals surface area contributed by atoms with E-state index in [-0.39, 0.29) is 50.0 Å². The number of fused-ring (bicyclic) bond motifs is 2. The Labute approximate surface area is 158 Å². The van der Waals surface area contributed by atoms with E-state index in [1.54, 1.807) is 13.8 Å². The summed E-state index contributed by atoms with van der Waals surface area (Å²) < 4.78 is 20.5. The third kappa shape index (κ3) is 5.94. The van der Waals surface area contributed by atoms with Crippen LogP contribution in [-0.4, -0.2) is 49.3 Å². The Morgan fingerprint density at radius 2 is 1.74 bits per heavy atom. The molecule has 0 spiro atoms.